The van der Waals surface area contributed by atoms with Gasteiger partial charge < -0.3 is 10.6 Å². The van der Waals surface area contributed by atoms with Gasteiger partial charge in [-0.1, -0.05) is 15.9 Å². The molecule has 0 saturated heterocycles. The Morgan fingerprint density at radius 3 is 3.00 bits per heavy atom. The topological polar surface area (TPSA) is 63.4 Å². The number of carbonyl (C=O) groups is 2. The van der Waals surface area contributed by atoms with Crippen molar-refractivity contribution in [2.45, 2.75) is 4.90 Å². The number of benzene rings is 1. The minimum Gasteiger partial charge on any atom is -0.368 e. The Kier molecular flexibility index (Phi) is 3.20. The van der Waals surface area contributed by atoms with Crippen molar-refractivity contribution in [2.24, 2.45) is 5.73 Å². The molecule has 2 rings (SSSR count). The summed E-state index contributed by atoms with van der Waals surface area (Å²) in [6.07, 6.45) is 0. The zero-order valence-electron chi connectivity index (χ0n) is 8.27. The van der Waals surface area contributed by atoms with Crippen LogP contribution in [0.25, 0.3) is 0 Å². The second kappa shape index (κ2) is 4.47. The average molecular weight is 301 g/mol. The van der Waals surface area contributed by atoms with Crippen molar-refractivity contribution in [1.82, 2.24) is 0 Å². The Morgan fingerprint density at radius 1 is 1.56 bits per heavy atom. The molecule has 1 heterocycles. The molecule has 0 spiro atoms. The van der Waals surface area contributed by atoms with Gasteiger partial charge in [0.2, 0.25) is 11.8 Å². The molecule has 16 heavy (non-hydrogen) atoms. The molecule has 1 aromatic carbocycles. The molecule has 1 aliphatic rings. The van der Waals surface area contributed by atoms with Crippen molar-refractivity contribution < 1.29 is 9.59 Å². The summed E-state index contributed by atoms with van der Waals surface area (Å²) in [6.45, 7) is -0.0615. The predicted octanol–water partition coefficient (Wildman–Crippen LogP) is 1.37. The number of fused-ring (bicyclic) bond motifs is 1. The monoisotopic (exact) mass is 300 g/mol. The second-order valence-corrected chi connectivity index (χ2v) is 5.28. The maximum absolute atomic E-state index is 11.7. The van der Waals surface area contributed by atoms with E-state index in [1.165, 1.54) is 16.7 Å². The lowest BCUT2D eigenvalue weighted by Crippen LogP contribution is -2.41. The Balaban J connectivity index is 2.40. The third kappa shape index (κ3) is 2.22. The van der Waals surface area contributed by atoms with E-state index in [1.54, 1.807) is 0 Å². The van der Waals surface area contributed by atoms with Crippen molar-refractivity contribution >= 4 is 45.2 Å². The molecule has 1 aliphatic heterocycles. The summed E-state index contributed by atoms with van der Waals surface area (Å²) in [5, 5.41) is 0. The van der Waals surface area contributed by atoms with E-state index in [2.05, 4.69) is 15.9 Å². The lowest BCUT2D eigenvalue weighted by Gasteiger charge is -2.27. The molecule has 0 bridgehead atoms. The van der Waals surface area contributed by atoms with Crippen LogP contribution in [0.4, 0.5) is 5.69 Å². The van der Waals surface area contributed by atoms with Crippen LogP contribution >= 0.6 is 27.7 Å². The van der Waals surface area contributed by atoms with Gasteiger partial charge in [-0.2, -0.15) is 0 Å². The van der Waals surface area contributed by atoms with E-state index >= 15 is 0 Å². The van der Waals surface area contributed by atoms with Crippen molar-refractivity contribution in [2.75, 3.05) is 17.2 Å². The summed E-state index contributed by atoms with van der Waals surface area (Å²) in [5.74, 6) is -0.246. The van der Waals surface area contributed by atoms with Crippen LogP contribution in [0.1, 0.15) is 0 Å². The Morgan fingerprint density at radius 2 is 2.31 bits per heavy atom. The van der Waals surface area contributed by atoms with Gasteiger partial charge in [-0.25, -0.2) is 0 Å². The first-order valence-corrected chi connectivity index (χ1v) is 6.37. The summed E-state index contributed by atoms with van der Waals surface area (Å²) >= 11 is 4.84. The Hall–Kier alpha value is -1.01. The molecule has 0 saturated carbocycles. The van der Waals surface area contributed by atoms with Crippen molar-refractivity contribution in [3.63, 3.8) is 0 Å². The number of thioether (sulfide) groups is 1. The van der Waals surface area contributed by atoms with E-state index in [4.69, 9.17) is 5.73 Å². The quantitative estimate of drug-likeness (QED) is 0.897. The standard InChI is InChI=1S/C10H9BrN2O2S/c11-6-1-2-7-8(3-6)16-5-10(15)13(7)4-9(12)14/h1-3H,4-5H2,(H2,12,14). The van der Waals surface area contributed by atoms with Crippen LogP contribution < -0.4 is 10.6 Å². The number of amides is 2. The molecule has 0 unspecified atom stereocenters. The lowest BCUT2D eigenvalue weighted by molar-refractivity contribution is -0.121. The number of nitrogens with two attached hydrogens (primary N) is 1. The maximum atomic E-state index is 11.7. The summed E-state index contributed by atoms with van der Waals surface area (Å²) in [6, 6.07) is 5.58. The fraction of sp³-hybridized carbons (Fsp3) is 0.200. The number of primary amides is 1. The highest BCUT2D eigenvalue weighted by molar-refractivity contribution is 9.10. The zero-order valence-corrected chi connectivity index (χ0v) is 10.7. The van der Waals surface area contributed by atoms with Gasteiger partial charge in [-0.05, 0) is 18.2 Å². The van der Waals surface area contributed by atoms with Crippen LogP contribution in [-0.2, 0) is 9.59 Å². The highest BCUT2D eigenvalue weighted by Gasteiger charge is 2.25. The lowest BCUT2D eigenvalue weighted by atomic mass is 10.2. The predicted molar refractivity (Wildman–Crippen MR) is 66.4 cm³/mol. The Bertz CT molecular complexity index is 464. The molecule has 0 radical (unpaired) electrons. The number of rotatable bonds is 2. The first-order valence-electron chi connectivity index (χ1n) is 4.59. The van der Waals surface area contributed by atoms with Gasteiger partial charge in [0.25, 0.3) is 0 Å². The molecular formula is C10H9BrN2O2S. The van der Waals surface area contributed by atoms with Crippen LogP contribution in [0.15, 0.2) is 27.6 Å². The van der Waals surface area contributed by atoms with Gasteiger partial charge in [0.1, 0.15) is 6.54 Å². The van der Waals surface area contributed by atoms with Crippen molar-refractivity contribution in [3.8, 4) is 0 Å². The molecule has 4 nitrogen and oxygen atoms in total. The first-order chi connectivity index (χ1) is 7.58. The van der Waals surface area contributed by atoms with E-state index < -0.39 is 5.91 Å². The van der Waals surface area contributed by atoms with Gasteiger partial charge in [-0.3, -0.25) is 9.59 Å². The second-order valence-electron chi connectivity index (χ2n) is 3.35. The fourth-order valence-corrected chi connectivity index (χ4v) is 2.99. The zero-order chi connectivity index (χ0) is 11.7. The van der Waals surface area contributed by atoms with Gasteiger partial charge in [0.05, 0.1) is 11.4 Å². The van der Waals surface area contributed by atoms with Crippen LogP contribution in [0, 0.1) is 0 Å². The normalized spacial score (nSPS) is 14.8. The summed E-state index contributed by atoms with van der Waals surface area (Å²) < 4.78 is 0.951. The highest BCUT2D eigenvalue weighted by atomic mass is 79.9. The minimum absolute atomic E-state index is 0.0615. The number of hydrogen-bond acceptors (Lipinski definition) is 3. The smallest absolute Gasteiger partial charge is 0.237 e. The van der Waals surface area contributed by atoms with E-state index in [0.29, 0.717) is 5.75 Å². The van der Waals surface area contributed by atoms with Crippen LogP contribution in [0.3, 0.4) is 0 Å². The third-order valence-corrected chi connectivity index (χ3v) is 3.70. The molecular weight excluding hydrogens is 292 g/mol. The molecule has 0 aromatic heterocycles. The number of halogens is 1. The summed E-state index contributed by atoms with van der Waals surface area (Å²) in [7, 11) is 0. The maximum Gasteiger partial charge on any atom is 0.237 e. The SMILES string of the molecule is NC(=O)CN1C(=O)CSc2cc(Br)ccc21. The van der Waals surface area contributed by atoms with Gasteiger partial charge >= 0.3 is 0 Å². The van der Waals surface area contributed by atoms with Crippen LogP contribution in [0.2, 0.25) is 0 Å². The molecule has 2 N–H and O–H groups in total. The number of carbonyl (C=O) groups excluding carboxylic acids is 2. The van der Waals surface area contributed by atoms with Gasteiger partial charge in [0, 0.05) is 9.37 Å². The van der Waals surface area contributed by atoms with Gasteiger partial charge in [-0.15, -0.1) is 11.8 Å². The van der Waals surface area contributed by atoms with Crippen LogP contribution in [0.5, 0.6) is 0 Å². The molecule has 0 fully saturated rings. The molecule has 0 atom stereocenters. The molecule has 6 heteroatoms. The van der Waals surface area contributed by atoms with E-state index in [1.807, 2.05) is 18.2 Å². The minimum atomic E-state index is -0.505. The third-order valence-electron chi connectivity index (χ3n) is 2.18. The average Bonchev–Trinajstić information content (AvgIpc) is 2.22. The fourth-order valence-electron chi connectivity index (χ4n) is 1.51. The number of anilines is 1. The first kappa shape index (κ1) is 11.5. The van der Waals surface area contributed by atoms with E-state index in [0.717, 1.165) is 15.1 Å². The molecule has 84 valence electrons. The summed E-state index contributed by atoms with van der Waals surface area (Å²) in [4.78, 5) is 25.0. The molecule has 2 amide bonds. The van der Waals surface area contributed by atoms with Crippen molar-refractivity contribution in [1.29, 1.82) is 0 Å². The summed E-state index contributed by atoms with van der Waals surface area (Å²) in [5.41, 5.74) is 5.88. The molecule has 0 aliphatic carbocycles. The molecule has 1 aromatic rings. The number of hydrogen-bond donors (Lipinski definition) is 1. The Labute approximate surface area is 105 Å². The number of nitrogens with zero attached hydrogens (tertiary/aromatic N) is 1. The largest absolute Gasteiger partial charge is 0.368 e. The highest BCUT2D eigenvalue weighted by Crippen LogP contribution is 2.36. The van der Waals surface area contributed by atoms with E-state index in [9.17, 15) is 9.59 Å². The van der Waals surface area contributed by atoms with Crippen molar-refractivity contribution in [3.05, 3.63) is 22.7 Å². The van der Waals surface area contributed by atoms with Gasteiger partial charge in [0.15, 0.2) is 0 Å². The van der Waals surface area contributed by atoms with Crippen LogP contribution in [-0.4, -0.2) is 24.1 Å². The van der Waals surface area contributed by atoms with E-state index in [-0.39, 0.29) is 12.5 Å².